The third kappa shape index (κ3) is 7.58. The number of benzene rings is 1. The molecule has 1 N–H and O–H groups in total. The molecule has 0 unspecified atom stereocenters. The quantitative estimate of drug-likeness (QED) is 0.802. The Morgan fingerprint density at radius 2 is 1.68 bits per heavy atom. The van der Waals surface area contributed by atoms with Crippen LogP contribution in [0.3, 0.4) is 0 Å². The minimum Gasteiger partial charge on any atom is -0.452 e. The van der Waals surface area contributed by atoms with Gasteiger partial charge < -0.3 is 10.1 Å². The molecule has 0 bridgehead atoms. The van der Waals surface area contributed by atoms with E-state index in [0.717, 1.165) is 12.1 Å². The summed E-state index contributed by atoms with van der Waals surface area (Å²) < 4.78 is 42.8. The average molecular weight is 359 g/mol. The summed E-state index contributed by atoms with van der Waals surface area (Å²) in [4.78, 5) is 23.8. The topological polar surface area (TPSA) is 55.4 Å². The second-order valence-corrected chi connectivity index (χ2v) is 7.82. The van der Waals surface area contributed by atoms with Gasteiger partial charge in [0.1, 0.15) is 0 Å². The molecular weight excluding hydrogens is 335 g/mol. The van der Waals surface area contributed by atoms with E-state index in [1.165, 1.54) is 6.07 Å². The summed E-state index contributed by atoms with van der Waals surface area (Å²) in [6.07, 6.45) is -3.85. The number of carbonyl (C=O) groups is 2. The van der Waals surface area contributed by atoms with E-state index in [2.05, 4.69) is 5.32 Å². The predicted octanol–water partition coefficient (Wildman–Crippen LogP) is 4.19. The number of halogens is 3. The molecule has 0 radical (unpaired) electrons. The first kappa shape index (κ1) is 21.0. The third-order valence-corrected chi connectivity index (χ3v) is 3.21. The van der Waals surface area contributed by atoms with Crippen LogP contribution in [0.4, 0.5) is 13.2 Å². The molecule has 25 heavy (non-hydrogen) atoms. The minimum absolute atomic E-state index is 0.00844. The fourth-order valence-corrected chi connectivity index (χ4v) is 2.82. The second-order valence-electron chi connectivity index (χ2n) is 7.82. The maximum absolute atomic E-state index is 12.7. The van der Waals surface area contributed by atoms with Gasteiger partial charge >= 0.3 is 12.1 Å². The van der Waals surface area contributed by atoms with Crippen molar-refractivity contribution >= 4 is 11.9 Å². The fourth-order valence-electron chi connectivity index (χ4n) is 2.82. The van der Waals surface area contributed by atoms with Crippen molar-refractivity contribution in [3.05, 3.63) is 35.4 Å². The van der Waals surface area contributed by atoms with Crippen LogP contribution >= 0.6 is 0 Å². The van der Waals surface area contributed by atoms with Crippen LogP contribution in [0.1, 0.15) is 57.0 Å². The van der Waals surface area contributed by atoms with Crippen LogP contribution in [0.15, 0.2) is 24.3 Å². The Kier molecular flexibility index (Phi) is 6.26. The van der Waals surface area contributed by atoms with Gasteiger partial charge in [-0.05, 0) is 43.9 Å². The van der Waals surface area contributed by atoms with Crippen LogP contribution in [0, 0.1) is 5.41 Å². The number of hydrogen-bond acceptors (Lipinski definition) is 3. The van der Waals surface area contributed by atoms with Crippen LogP contribution in [0.5, 0.6) is 0 Å². The molecule has 0 fully saturated rings. The lowest BCUT2D eigenvalue weighted by Gasteiger charge is -2.33. The van der Waals surface area contributed by atoms with E-state index in [9.17, 15) is 22.8 Å². The van der Waals surface area contributed by atoms with Crippen molar-refractivity contribution in [2.24, 2.45) is 5.41 Å². The molecule has 0 aliphatic carbocycles. The lowest BCUT2D eigenvalue weighted by molar-refractivity contribution is -0.137. The second kappa shape index (κ2) is 7.45. The van der Waals surface area contributed by atoms with E-state index in [0.29, 0.717) is 12.5 Å². The van der Waals surface area contributed by atoms with Crippen LogP contribution in [0.25, 0.3) is 0 Å². The van der Waals surface area contributed by atoms with E-state index in [1.807, 2.05) is 34.6 Å². The molecule has 0 aromatic heterocycles. The molecule has 0 heterocycles. The van der Waals surface area contributed by atoms with Gasteiger partial charge in [-0.25, -0.2) is 4.79 Å². The van der Waals surface area contributed by atoms with Gasteiger partial charge in [-0.2, -0.15) is 13.2 Å². The normalized spacial score (nSPS) is 12.6. The summed E-state index contributed by atoms with van der Waals surface area (Å²) in [5, 5.41) is 2.76. The Hall–Kier alpha value is -2.05. The van der Waals surface area contributed by atoms with Crippen molar-refractivity contribution in [1.29, 1.82) is 0 Å². The molecule has 4 nitrogen and oxygen atoms in total. The largest absolute Gasteiger partial charge is 0.452 e. The van der Waals surface area contributed by atoms with Gasteiger partial charge in [0.25, 0.3) is 5.91 Å². The van der Waals surface area contributed by atoms with Crippen molar-refractivity contribution in [2.45, 2.75) is 52.8 Å². The first-order valence-electron chi connectivity index (χ1n) is 7.85. The van der Waals surface area contributed by atoms with Gasteiger partial charge in [-0.3, -0.25) is 4.79 Å². The van der Waals surface area contributed by atoms with Gasteiger partial charge in [0.15, 0.2) is 6.61 Å². The molecule has 0 saturated carbocycles. The SMILES string of the molecule is CC(C)(C)CC(C)(C)NC(=O)COC(=O)c1cccc(C(F)(F)F)c1. The molecule has 1 amide bonds. The highest BCUT2D eigenvalue weighted by molar-refractivity contribution is 5.91. The lowest BCUT2D eigenvalue weighted by Crippen LogP contribution is -2.47. The van der Waals surface area contributed by atoms with Crippen molar-refractivity contribution in [3.63, 3.8) is 0 Å². The Morgan fingerprint density at radius 3 is 2.20 bits per heavy atom. The first-order valence-corrected chi connectivity index (χ1v) is 7.85. The first-order chi connectivity index (χ1) is 11.2. The zero-order valence-electron chi connectivity index (χ0n) is 15.1. The van der Waals surface area contributed by atoms with Gasteiger partial charge in [-0.1, -0.05) is 26.8 Å². The number of rotatable bonds is 5. The number of amides is 1. The summed E-state index contributed by atoms with van der Waals surface area (Å²) in [5.74, 6) is -1.48. The number of nitrogens with one attached hydrogen (secondary N) is 1. The highest BCUT2D eigenvalue weighted by atomic mass is 19.4. The van der Waals surface area contributed by atoms with Gasteiger partial charge in [0.05, 0.1) is 11.1 Å². The maximum Gasteiger partial charge on any atom is 0.416 e. The van der Waals surface area contributed by atoms with Gasteiger partial charge in [0, 0.05) is 5.54 Å². The minimum atomic E-state index is -4.55. The Labute approximate surface area is 145 Å². The van der Waals surface area contributed by atoms with Crippen LogP contribution in [-0.4, -0.2) is 24.0 Å². The summed E-state index contributed by atoms with van der Waals surface area (Å²) in [5.41, 5.74) is -1.71. The van der Waals surface area contributed by atoms with Crippen LogP contribution < -0.4 is 5.32 Å². The molecule has 0 atom stereocenters. The third-order valence-electron chi connectivity index (χ3n) is 3.21. The summed E-state index contributed by atoms with van der Waals surface area (Å²) in [6, 6.07) is 3.88. The number of alkyl halides is 3. The number of ether oxygens (including phenoxy) is 1. The van der Waals surface area contributed by atoms with Crippen molar-refractivity contribution in [3.8, 4) is 0 Å². The number of hydrogen-bond donors (Lipinski definition) is 1. The van der Waals surface area contributed by atoms with Gasteiger partial charge in [0.2, 0.25) is 0 Å². The van der Waals surface area contributed by atoms with Crippen LogP contribution in [0.2, 0.25) is 0 Å². The molecule has 0 spiro atoms. The highest BCUT2D eigenvalue weighted by Gasteiger charge is 2.31. The zero-order chi connectivity index (χ0) is 19.5. The van der Waals surface area contributed by atoms with E-state index >= 15 is 0 Å². The standard InChI is InChI=1S/C18H24F3NO3/c1-16(2,3)11-17(4,5)22-14(23)10-25-15(24)12-7-6-8-13(9-12)18(19,20)21/h6-9H,10-11H2,1-5H3,(H,22,23). The van der Waals surface area contributed by atoms with E-state index in [1.54, 1.807) is 0 Å². The van der Waals surface area contributed by atoms with Crippen molar-refractivity contribution < 1.29 is 27.5 Å². The lowest BCUT2D eigenvalue weighted by atomic mass is 9.82. The van der Waals surface area contributed by atoms with E-state index in [-0.39, 0.29) is 11.0 Å². The summed E-state index contributed by atoms with van der Waals surface area (Å²) in [6.45, 7) is 9.26. The molecule has 0 saturated heterocycles. The maximum atomic E-state index is 12.7. The average Bonchev–Trinajstić information content (AvgIpc) is 2.40. The van der Waals surface area contributed by atoms with Crippen LogP contribution in [-0.2, 0) is 15.7 Å². The Bertz CT molecular complexity index is 631. The van der Waals surface area contributed by atoms with Crippen molar-refractivity contribution in [1.82, 2.24) is 5.32 Å². The molecule has 0 aliphatic heterocycles. The highest BCUT2D eigenvalue weighted by Crippen LogP contribution is 2.29. The summed E-state index contributed by atoms with van der Waals surface area (Å²) >= 11 is 0. The molecule has 140 valence electrons. The molecule has 1 aromatic carbocycles. The molecule has 0 aliphatic rings. The number of carbonyl (C=O) groups excluding carboxylic acids is 2. The monoisotopic (exact) mass is 359 g/mol. The van der Waals surface area contributed by atoms with E-state index in [4.69, 9.17) is 4.74 Å². The molecule has 7 heteroatoms. The molecular formula is C18H24F3NO3. The van der Waals surface area contributed by atoms with E-state index < -0.39 is 35.8 Å². The fraction of sp³-hybridized carbons (Fsp3) is 0.556. The van der Waals surface area contributed by atoms with Crippen molar-refractivity contribution in [2.75, 3.05) is 6.61 Å². The Morgan fingerprint density at radius 1 is 1.08 bits per heavy atom. The predicted molar refractivity (Wildman–Crippen MR) is 88.0 cm³/mol. The zero-order valence-corrected chi connectivity index (χ0v) is 15.1. The molecule has 1 rings (SSSR count). The summed E-state index contributed by atoms with van der Waals surface area (Å²) in [7, 11) is 0. The molecule has 1 aromatic rings. The Balaban J connectivity index is 2.63. The smallest absolute Gasteiger partial charge is 0.416 e. The van der Waals surface area contributed by atoms with Gasteiger partial charge in [-0.15, -0.1) is 0 Å². The number of esters is 1.